The number of aliphatic hydroxyl groups is 1. The minimum atomic E-state index is -1.03. The van der Waals surface area contributed by atoms with Gasteiger partial charge in [-0.25, -0.2) is 4.79 Å². The van der Waals surface area contributed by atoms with E-state index in [4.69, 9.17) is 9.84 Å². The lowest BCUT2D eigenvalue weighted by Crippen LogP contribution is -2.13. The van der Waals surface area contributed by atoms with Gasteiger partial charge in [0.15, 0.2) is 0 Å². The van der Waals surface area contributed by atoms with Gasteiger partial charge in [0.1, 0.15) is 12.7 Å². The molecule has 0 heterocycles. The molecule has 0 fully saturated rings. The summed E-state index contributed by atoms with van der Waals surface area (Å²) in [5, 5.41) is 18.1. The van der Waals surface area contributed by atoms with E-state index < -0.39 is 12.1 Å². The van der Waals surface area contributed by atoms with Crippen LogP contribution in [0, 0.1) is 0 Å². The maximum absolute atomic E-state index is 10.2. The largest absolute Gasteiger partial charge is 0.480 e. The van der Waals surface area contributed by atoms with Crippen molar-refractivity contribution in [2.24, 2.45) is 0 Å². The Morgan fingerprint density at radius 2 is 1.76 bits per heavy atom. The highest BCUT2D eigenvalue weighted by molar-refractivity contribution is 5.67. The average molecular weight is 238 g/mol. The van der Waals surface area contributed by atoms with Crippen molar-refractivity contribution in [2.75, 3.05) is 13.2 Å². The van der Waals surface area contributed by atoms with Crippen LogP contribution in [-0.4, -0.2) is 29.4 Å². The minimum absolute atomic E-state index is 0.00662. The summed E-state index contributed by atoms with van der Waals surface area (Å²) >= 11 is 0. The first-order valence-corrected chi connectivity index (χ1v) is 5.58. The van der Waals surface area contributed by atoms with E-state index in [0.717, 1.165) is 5.56 Å². The van der Waals surface area contributed by atoms with E-state index in [1.807, 2.05) is 24.3 Å². The molecule has 0 radical (unpaired) electrons. The summed E-state index contributed by atoms with van der Waals surface area (Å²) in [7, 11) is 0. The summed E-state index contributed by atoms with van der Waals surface area (Å²) in [6.07, 6.45) is -0.782. The van der Waals surface area contributed by atoms with Gasteiger partial charge >= 0.3 is 5.97 Å². The van der Waals surface area contributed by atoms with Crippen LogP contribution in [0.2, 0.25) is 0 Å². The monoisotopic (exact) mass is 238 g/mol. The number of aliphatic hydroxyl groups excluding tert-OH is 1. The standard InChI is InChI=1S/C13H18O4/c1-9(2)10-3-5-11(6-4-10)12(14)7-17-8-13(15)16/h3-6,9,12,14H,7-8H2,1-2H3,(H,15,16). The van der Waals surface area contributed by atoms with Gasteiger partial charge in [-0.05, 0) is 17.0 Å². The van der Waals surface area contributed by atoms with E-state index in [9.17, 15) is 9.90 Å². The number of carboxylic acid groups (broad SMARTS) is 1. The van der Waals surface area contributed by atoms with E-state index >= 15 is 0 Å². The predicted octanol–water partition coefficient (Wildman–Crippen LogP) is 1.94. The summed E-state index contributed by atoms with van der Waals surface area (Å²) < 4.78 is 4.84. The zero-order valence-corrected chi connectivity index (χ0v) is 10.1. The lowest BCUT2D eigenvalue weighted by atomic mass is 10.0. The fourth-order valence-corrected chi connectivity index (χ4v) is 1.46. The van der Waals surface area contributed by atoms with Gasteiger partial charge in [-0.3, -0.25) is 0 Å². The molecule has 2 N–H and O–H groups in total. The lowest BCUT2D eigenvalue weighted by Gasteiger charge is -2.12. The summed E-state index contributed by atoms with van der Waals surface area (Å²) in [6.45, 7) is 3.80. The highest BCUT2D eigenvalue weighted by atomic mass is 16.5. The third kappa shape index (κ3) is 4.54. The number of ether oxygens (including phenoxy) is 1. The van der Waals surface area contributed by atoms with Crippen molar-refractivity contribution >= 4 is 5.97 Å². The second-order valence-corrected chi connectivity index (χ2v) is 4.25. The van der Waals surface area contributed by atoms with Crippen LogP contribution >= 0.6 is 0 Å². The predicted molar refractivity (Wildman–Crippen MR) is 63.9 cm³/mol. The van der Waals surface area contributed by atoms with Crippen LogP contribution in [0.1, 0.15) is 37.0 Å². The van der Waals surface area contributed by atoms with Crippen molar-refractivity contribution in [3.63, 3.8) is 0 Å². The topological polar surface area (TPSA) is 66.8 Å². The van der Waals surface area contributed by atoms with Gasteiger partial charge < -0.3 is 14.9 Å². The summed E-state index contributed by atoms with van der Waals surface area (Å²) in [4.78, 5) is 10.2. The van der Waals surface area contributed by atoms with Crippen molar-refractivity contribution in [3.8, 4) is 0 Å². The third-order valence-electron chi connectivity index (χ3n) is 2.49. The van der Waals surface area contributed by atoms with E-state index in [0.29, 0.717) is 5.92 Å². The second kappa shape index (κ2) is 6.37. The number of rotatable bonds is 6. The van der Waals surface area contributed by atoms with Crippen molar-refractivity contribution < 1.29 is 19.7 Å². The van der Waals surface area contributed by atoms with Crippen LogP contribution < -0.4 is 0 Å². The molecule has 1 aromatic carbocycles. The van der Waals surface area contributed by atoms with Gasteiger partial charge in [-0.1, -0.05) is 38.1 Å². The molecule has 0 saturated heterocycles. The molecule has 0 amide bonds. The maximum Gasteiger partial charge on any atom is 0.329 e. The number of hydrogen-bond donors (Lipinski definition) is 2. The van der Waals surface area contributed by atoms with Gasteiger partial charge in [0, 0.05) is 0 Å². The Morgan fingerprint density at radius 1 is 1.24 bits per heavy atom. The fraction of sp³-hybridized carbons (Fsp3) is 0.462. The lowest BCUT2D eigenvalue weighted by molar-refractivity contribution is -0.143. The van der Waals surface area contributed by atoms with Crippen molar-refractivity contribution in [3.05, 3.63) is 35.4 Å². The molecule has 0 spiro atoms. The van der Waals surface area contributed by atoms with Gasteiger partial charge in [0.2, 0.25) is 0 Å². The smallest absolute Gasteiger partial charge is 0.329 e. The molecule has 0 aliphatic rings. The first kappa shape index (κ1) is 13.7. The maximum atomic E-state index is 10.2. The molecule has 1 aromatic rings. The molecule has 1 atom stereocenters. The molecule has 1 unspecified atom stereocenters. The van der Waals surface area contributed by atoms with Crippen molar-refractivity contribution in [1.82, 2.24) is 0 Å². The van der Waals surface area contributed by atoms with Gasteiger partial charge in [-0.15, -0.1) is 0 Å². The quantitative estimate of drug-likeness (QED) is 0.794. The molecule has 17 heavy (non-hydrogen) atoms. The molecule has 94 valence electrons. The Labute approximate surface area is 101 Å². The average Bonchev–Trinajstić information content (AvgIpc) is 2.28. The number of carbonyl (C=O) groups is 1. The fourth-order valence-electron chi connectivity index (χ4n) is 1.46. The third-order valence-corrected chi connectivity index (χ3v) is 2.49. The molecule has 0 bridgehead atoms. The van der Waals surface area contributed by atoms with Crippen LogP contribution in [0.15, 0.2) is 24.3 Å². The number of hydrogen-bond acceptors (Lipinski definition) is 3. The molecule has 0 saturated carbocycles. The van der Waals surface area contributed by atoms with Crippen LogP contribution in [0.3, 0.4) is 0 Å². The molecular formula is C13H18O4. The molecule has 4 nitrogen and oxygen atoms in total. The zero-order valence-electron chi connectivity index (χ0n) is 10.1. The molecule has 0 aliphatic heterocycles. The number of benzene rings is 1. The van der Waals surface area contributed by atoms with Crippen molar-refractivity contribution in [1.29, 1.82) is 0 Å². The molecule has 0 aliphatic carbocycles. The first-order chi connectivity index (χ1) is 8.00. The number of carboxylic acids is 1. The van der Waals surface area contributed by atoms with Gasteiger partial charge in [0.25, 0.3) is 0 Å². The normalized spacial score (nSPS) is 12.7. The van der Waals surface area contributed by atoms with Crippen LogP contribution in [-0.2, 0) is 9.53 Å². The highest BCUT2D eigenvalue weighted by Gasteiger charge is 2.09. The van der Waals surface area contributed by atoms with E-state index in [1.165, 1.54) is 5.56 Å². The first-order valence-electron chi connectivity index (χ1n) is 5.58. The van der Waals surface area contributed by atoms with Crippen molar-refractivity contribution in [2.45, 2.75) is 25.9 Å². The van der Waals surface area contributed by atoms with Crippen LogP contribution in [0.25, 0.3) is 0 Å². The van der Waals surface area contributed by atoms with E-state index in [2.05, 4.69) is 13.8 Å². The van der Waals surface area contributed by atoms with E-state index in [1.54, 1.807) is 0 Å². The van der Waals surface area contributed by atoms with Gasteiger partial charge in [0.05, 0.1) is 6.61 Å². The summed E-state index contributed by atoms with van der Waals surface area (Å²) in [5.41, 5.74) is 1.94. The number of aliphatic carboxylic acids is 1. The van der Waals surface area contributed by atoms with Crippen LogP contribution in [0.4, 0.5) is 0 Å². The summed E-state index contributed by atoms with van der Waals surface area (Å²) in [6, 6.07) is 7.59. The zero-order chi connectivity index (χ0) is 12.8. The Balaban J connectivity index is 2.51. The van der Waals surface area contributed by atoms with Gasteiger partial charge in [-0.2, -0.15) is 0 Å². The second-order valence-electron chi connectivity index (χ2n) is 4.25. The molecule has 0 aromatic heterocycles. The molecule has 1 rings (SSSR count). The molecular weight excluding hydrogens is 220 g/mol. The summed E-state index contributed by atoms with van der Waals surface area (Å²) in [5.74, 6) is -0.586. The molecule has 4 heteroatoms. The highest BCUT2D eigenvalue weighted by Crippen LogP contribution is 2.18. The minimum Gasteiger partial charge on any atom is -0.480 e. The SMILES string of the molecule is CC(C)c1ccc(C(O)COCC(=O)O)cc1. The van der Waals surface area contributed by atoms with Crippen LogP contribution in [0.5, 0.6) is 0 Å². The van der Waals surface area contributed by atoms with E-state index in [-0.39, 0.29) is 13.2 Å². The Bertz CT molecular complexity index is 356. The Morgan fingerprint density at radius 3 is 2.24 bits per heavy atom. The Hall–Kier alpha value is -1.39. The Kier molecular flexibility index (Phi) is 5.12.